The number of hydrogen-bond donors (Lipinski definition) is 1. The molecule has 1 N–H and O–H groups in total. The van der Waals surface area contributed by atoms with Crippen molar-refractivity contribution in [3.05, 3.63) is 42.5 Å². The van der Waals surface area contributed by atoms with Crippen molar-refractivity contribution in [1.82, 2.24) is 0 Å². The van der Waals surface area contributed by atoms with Crippen LogP contribution >= 0.6 is 0 Å². The first-order valence-corrected chi connectivity index (χ1v) is 9.51. The van der Waals surface area contributed by atoms with E-state index in [1.54, 1.807) is 30.2 Å². The van der Waals surface area contributed by atoms with Crippen LogP contribution in [0, 0.1) is 5.92 Å². The van der Waals surface area contributed by atoms with Crippen molar-refractivity contribution in [1.29, 1.82) is 0 Å². The van der Waals surface area contributed by atoms with Crippen molar-refractivity contribution in [2.45, 2.75) is 26.4 Å². The summed E-state index contributed by atoms with van der Waals surface area (Å²) in [5.41, 5.74) is 1.29. The molecule has 2 aromatic rings. The van der Waals surface area contributed by atoms with Gasteiger partial charge < -0.3 is 24.4 Å². The van der Waals surface area contributed by atoms with Crippen molar-refractivity contribution in [2.24, 2.45) is 5.92 Å². The van der Waals surface area contributed by atoms with Gasteiger partial charge in [-0.05, 0) is 50.2 Å². The van der Waals surface area contributed by atoms with Crippen molar-refractivity contribution < 1.29 is 23.8 Å². The molecule has 1 atom stereocenters. The minimum Gasteiger partial charge on any atom is -0.497 e. The summed E-state index contributed by atoms with van der Waals surface area (Å²) in [6, 6.07) is 12.5. The number of hydrogen-bond acceptors (Lipinski definition) is 5. The van der Waals surface area contributed by atoms with Gasteiger partial charge in [0, 0.05) is 24.7 Å². The molecule has 0 saturated carbocycles. The zero-order chi connectivity index (χ0) is 21.0. The molecule has 1 unspecified atom stereocenters. The Bertz CT molecular complexity index is 879. The van der Waals surface area contributed by atoms with Crippen LogP contribution in [0.2, 0.25) is 0 Å². The fraction of sp³-hybridized carbons (Fsp3) is 0.364. The highest BCUT2D eigenvalue weighted by atomic mass is 16.5. The molecular weight excluding hydrogens is 372 g/mol. The monoisotopic (exact) mass is 398 g/mol. The second-order valence-electron chi connectivity index (χ2n) is 7.12. The predicted molar refractivity (Wildman–Crippen MR) is 111 cm³/mol. The molecule has 0 radical (unpaired) electrons. The molecule has 0 spiro atoms. The number of rotatable bonds is 7. The predicted octanol–water partition coefficient (Wildman–Crippen LogP) is 3.48. The molecule has 2 amide bonds. The molecule has 0 aromatic heterocycles. The fourth-order valence-electron chi connectivity index (χ4n) is 3.25. The van der Waals surface area contributed by atoms with Crippen LogP contribution in [-0.2, 0) is 9.59 Å². The van der Waals surface area contributed by atoms with Gasteiger partial charge in [-0.1, -0.05) is 0 Å². The normalized spacial score (nSPS) is 16.1. The Morgan fingerprint density at radius 3 is 2.38 bits per heavy atom. The molecular formula is C22H26N2O5. The van der Waals surface area contributed by atoms with Gasteiger partial charge in [0.2, 0.25) is 11.8 Å². The van der Waals surface area contributed by atoms with Crippen LogP contribution in [0.1, 0.15) is 20.3 Å². The quantitative estimate of drug-likeness (QED) is 0.773. The number of methoxy groups -OCH3 is 2. The second kappa shape index (κ2) is 8.86. The van der Waals surface area contributed by atoms with E-state index >= 15 is 0 Å². The molecule has 7 nitrogen and oxygen atoms in total. The number of carbonyl (C=O) groups excluding carboxylic acids is 2. The van der Waals surface area contributed by atoms with Gasteiger partial charge in [0.1, 0.15) is 17.2 Å². The van der Waals surface area contributed by atoms with Gasteiger partial charge >= 0.3 is 0 Å². The SMILES string of the molecule is COc1ccc(NC(=O)C2CC(=O)N(c3ccc(OC(C)C)cc3)C2)c(OC)c1. The molecule has 1 aliphatic rings. The van der Waals surface area contributed by atoms with Crippen LogP contribution in [0.3, 0.4) is 0 Å². The first-order chi connectivity index (χ1) is 13.9. The standard InChI is InChI=1S/C22H26N2O5/c1-14(2)29-17-7-5-16(6-8-17)24-13-15(11-21(24)25)22(26)23-19-10-9-18(27-3)12-20(19)28-4/h5-10,12,14-15H,11,13H2,1-4H3,(H,23,26). The maximum Gasteiger partial charge on any atom is 0.229 e. The Kier molecular flexibility index (Phi) is 6.26. The van der Waals surface area contributed by atoms with E-state index in [-0.39, 0.29) is 24.3 Å². The third-order valence-corrected chi connectivity index (χ3v) is 4.68. The zero-order valence-electron chi connectivity index (χ0n) is 17.1. The summed E-state index contributed by atoms with van der Waals surface area (Å²) in [5, 5.41) is 2.86. The minimum absolute atomic E-state index is 0.0793. The molecule has 154 valence electrons. The summed E-state index contributed by atoms with van der Waals surface area (Å²) in [6.45, 7) is 4.24. The van der Waals surface area contributed by atoms with Gasteiger partial charge in [-0.2, -0.15) is 0 Å². The topological polar surface area (TPSA) is 77.1 Å². The average molecular weight is 398 g/mol. The highest BCUT2D eigenvalue weighted by Gasteiger charge is 2.35. The maximum absolute atomic E-state index is 12.7. The number of benzene rings is 2. The first kappa shape index (κ1) is 20.5. The minimum atomic E-state index is -0.444. The van der Waals surface area contributed by atoms with E-state index in [1.165, 1.54) is 7.11 Å². The van der Waals surface area contributed by atoms with E-state index in [0.29, 0.717) is 23.7 Å². The number of amides is 2. The largest absolute Gasteiger partial charge is 0.497 e. The summed E-state index contributed by atoms with van der Waals surface area (Å²) in [4.78, 5) is 26.9. The Morgan fingerprint density at radius 1 is 1.07 bits per heavy atom. The van der Waals surface area contributed by atoms with E-state index in [0.717, 1.165) is 11.4 Å². The zero-order valence-corrected chi connectivity index (χ0v) is 17.1. The summed E-state index contributed by atoms with van der Waals surface area (Å²) in [5.74, 6) is 1.14. The summed E-state index contributed by atoms with van der Waals surface area (Å²) < 4.78 is 16.1. The molecule has 1 fully saturated rings. The summed E-state index contributed by atoms with van der Waals surface area (Å²) >= 11 is 0. The highest BCUT2D eigenvalue weighted by molar-refractivity contribution is 6.04. The summed E-state index contributed by atoms with van der Waals surface area (Å²) in [7, 11) is 3.09. The lowest BCUT2D eigenvalue weighted by molar-refractivity contribution is -0.122. The van der Waals surface area contributed by atoms with E-state index in [9.17, 15) is 9.59 Å². The van der Waals surface area contributed by atoms with Gasteiger partial charge in [0.25, 0.3) is 0 Å². The summed E-state index contributed by atoms with van der Waals surface area (Å²) in [6.07, 6.45) is 0.242. The third-order valence-electron chi connectivity index (χ3n) is 4.68. The number of nitrogens with zero attached hydrogens (tertiary/aromatic N) is 1. The van der Waals surface area contributed by atoms with Crippen molar-refractivity contribution in [2.75, 3.05) is 31.0 Å². The molecule has 0 aliphatic carbocycles. The molecule has 3 rings (SSSR count). The molecule has 7 heteroatoms. The van der Waals surface area contributed by atoms with Gasteiger partial charge in [0.15, 0.2) is 0 Å². The van der Waals surface area contributed by atoms with Crippen molar-refractivity contribution in [3.8, 4) is 17.2 Å². The second-order valence-corrected chi connectivity index (χ2v) is 7.12. The van der Waals surface area contributed by atoms with Crippen LogP contribution in [0.4, 0.5) is 11.4 Å². The fourth-order valence-corrected chi connectivity index (χ4v) is 3.25. The average Bonchev–Trinajstić information content (AvgIpc) is 3.10. The Morgan fingerprint density at radius 2 is 1.76 bits per heavy atom. The lowest BCUT2D eigenvalue weighted by atomic mass is 10.1. The van der Waals surface area contributed by atoms with Gasteiger partial charge in [-0.3, -0.25) is 9.59 Å². The highest BCUT2D eigenvalue weighted by Crippen LogP contribution is 2.31. The Balaban J connectivity index is 1.67. The lowest BCUT2D eigenvalue weighted by Crippen LogP contribution is -2.28. The number of ether oxygens (including phenoxy) is 3. The van der Waals surface area contributed by atoms with E-state index < -0.39 is 5.92 Å². The van der Waals surface area contributed by atoms with E-state index in [2.05, 4.69) is 5.32 Å². The molecule has 1 aliphatic heterocycles. The van der Waals surface area contributed by atoms with Crippen LogP contribution in [0.15, 0.2) is 42.5 Å². The molecule has 0 bridgehead atoms. The maximum atomic E-state index is 12.7. The van der Waals surface area contributed by atoms with Gasteiger partial charge in [-0.15, -0.1) is 0 Å². The molecule has 1 heterocycles. The van der Waals surface area contributed by atoms with Crippen LogP contribution < -0.4 is 24.4 Å². The number of carbonyl (C=O) groups is 2. The molecule has 1 saturated heterocycles. The van der Waals surface area contributed by atoms with Crippen molar-refractivity contribution in [3.63, 3.8) is 0 Å². The van der Waals surface area contributed by atoms with E-state index in [4.69, 9.17) is 14.2 Å². The Labute approximate surface area is 170 Å². The number of nitrogens with one attached hydrogen (secondary N) is 1. The third kappa shape index (κ3) is 4.80. The smallest absolute Gasteiger partial charge is 0.229 e. The van der Waals surface area contributed by atoms with Crippen LogP contribution in [0.25, 0.3) is 0 Å². The van der Waals surface area contributed by atoms with Crippen LogP contribution in [-0.4, -0.2) is 38.7 Å². The number of anilines is 2. The Hall–Kier alpha value is -3.22. The van der Waals surface area contributed by atoms with Crippen molar-refractivity contribution >= 4 is 23.2 Å². The van der Waals surface area contributed by atoms with Gasteiger partial charge in [-0.25, -0.2) is 0 Å². The molecule has 2 aromatic carbocycles. The lowest BCUT2D eigenvalue weighted by Gasteiger charge is -2.18. The van der Waals surface area contributed by atoms with E-state index in [1.807, 2.05) is 38.1 Å². The molecule has 29 heavy (non-hydrogen) atoms. The first-order valence-electron chi connectivity index (χ1n) is 9.51. The van der Waals surface area contributed by atoms with Gasteiger partial charge in [0.05, 0.1) is 31.9 Å². The van der Waals surface area contributed by atoms with Crippen LogP contribution in [0.5, 0.6) is 17.2 Å².